The number of carbonyl (C=O) groups excluding carboxylic acids is 1. The maximum atomic E-state index is 11.6. The van der Waals surface area contributed by atoms with Crippen LogP contribution in [0, 0.1) is 0 Å². The van der Waals surface area contributed by atoms with Gasteiger partial charge in [0.2, 0.25) is 0 Å². The fraction of sp³-hybridized carbons (Fsp3) is 0.0435. The molecular formula is C23H15NaO6. The van der Waals surface area contributed by atoms with Gasteiger partial charge in [-0.2, -0.15) is 0 Å². The number of hydrogen-bond donors (Lipinski definition) is 3. The van der Waals surface area contributed by atoms with E-state index in [1.807, 2.05) is 0 Å². The number of aromatic carboxylic acids is 2. The Bertz CT molecular complexity index is 1210. The zero-order valence-electron chi connectivity index (χ0n) is 16.0. The number of benzene rings is 4. The van der Waals surface area contributed by atoms with Gasteiger partial charge >= 0.3 is 35.5 Å². The summed E-state index contributed by atoms with van der Waals surface area (Å²) in [5.41, 5.74) is -0.0721. The average molecular weight is 410 g/mol. The fourth-order valence-electron chi connectivity index (χ4n) is 3.68. The van der Waals surface area contributed by atoms with Crippen LogP contribution in [0.2, 0.25) is 0 Å². The van der Waals surface area contributed by atoms with Crippen molar-refractivity contribution in [2.75, 3.05) is 0 Å². The molecule has 0 aliphatic rings. The molecule has 4 rings (SSSR count). The van der Waals surface area contributed by atoms with E-state index in [1.54, 1.807) is 48.5 Å². The molecule has 30 heavy (non-hydrogen) atoms. The number of aromatic hydroxyl groups is 2. The van der Waals surface area contributed by atoms with E-state index in [0.717, 1.165) is 0 Å². The summed E-state index contributed by atoms with van der Waals surface area (Å²) in [5, 5.41) is 44.7. The SMILES string of the molecule is O=C([O-])c1cc2ccccc2c(Cc2c(O)c(C(=O)O)cc3ccccc23)c1O.[Na+]. The summed E-state index contributed by atoms with van der Waals surface area (Å²) in [7, 11) is 0. The zero-order valence-corrected chi connectivity index (χ0v) is 18.0. The van der Waals surface area contributed by atoms with Gasteiger partial charge in [-0.15, -0.1) is 0 Å². The fourth-order valence-corrected chi connectivity index (χ4v) is 3.68. The minimum Gasteiger partial charge on any atom is -0.545 e. The van der Waals surface area contributed by atoms with Crippen molar-refractivity contribution < 1.29 is 59.6 Å². The Morgan fingerprint density at radius 3 is 1.67 bits per heavy atom. The molecule has 0 heterocycles. The van der Waals surface area contributed by atoms with Gasteiger partial charge in [0.05, 0.1) is 5.97 Å². The summed E-state index contributed by atoms with van der Waals surface area (Å²) >= 11 is 0. The first-order chi connectivity index (χ1) is 13.9. The number of rotatable bonds is 4. The van der Waals surface area contributed by atoms with Crippen molar-refractivity contribution in [3.8, 4) is 11.5 Å². The molecule has 0 saturated carbocycles. The third kappa shape index (κ3) is 3.61. The van der Waals surface area contributed by atoms with Gasteiger partial charge < -0.3 is 25.2 Å². The third-order valence-electron chi connectivity index (χ3n) is 5.06. The predicted molar refractivity (Wildman–Crippen MR) is 105 cm³/mol. The van der Waals surface area contributed by atoms with Crippen LogP contribution in [-0.2, 0) is 6.42 Å². The Labute approximate surface area is 193 Å². The van der Waals surface area contributed by atoms with Crippen LogP contribution in [0.1, 0.15) is 31.8 Å². The first-order valence-corrected chi connectivity index (χ1v) is 8.80. The molecule has 0 fully saturated rings. The van der Waals surface area contributed by atoms with Crippen LogP contribution in [-0.4, -0.2) is 27.3 Å². The number of carboxylic acids is 2. The van der Waals surface area contributed by atoms with Crippen molar-refractivity contribution in [2.24, 2.45) is 0 Å². The van der Waals surface area contributed by atoms with Crippen molar-refractivity contribution in [1.82, 2.24) is 0 Å². The Hall–Kier alpha value is -3.06. The molecule has 0 unspecified atom stereocenters. The monoisotopic (exact) mass is 410 g/mol. The molecule has 0 radical (unpaired) electrons. The molecule has 0 saturated heterocycles. The van der Waals surface area contributed by atoms with E-state index in [4.69, 9.17) is 0 Å². The summed E-state index contributed by atoms with van der Waals surface area (Å²) in [5.74, 6) is -3.69. The molecule has 0 bridgehead atoms. The van der Waals surface area contributed by atoms with Crippen molar-refractivity contribution in [1.29, 1.82) is 0 Å². The molecule has 144 valence electrons. The zero-order chi connectivity index (χ0) is 20.7. The van der Waals surface area contributed by atoms with E-state index in [2.05, 4.69) is 0 Å². The second-order valence-electron chi connectivity index (χ2n) is 6.71. The standard InChI is InChI=1S/C23H16O6.Na/c24-20-16(14-7-3-1-5-12(14)9-18(20)22(26)27)11-17-15-8-4-2-6-13(15)10-19(21(17)25)23(28)29;/h1-10,24-25H,11H2,(H,26,27)(H,28,29);/q;+1/p-1. The number of hydrogen-bond acceptors (Lipinski definition) is 5. The second-order valence-corrected chi connectivity index (χ2v) is 6.71. The van der Waals surface area contributed by atoms with E-state index in [-0.39, 0.29) is 58.2 Å². The Kier molecular flexibility index (Phi) is 6.03. The van der Waals surface area contributed by atoms with Crippen LogP contribution in [0.5, 0.6) is 11.5 Å². The van der Waals surface area contributed by atoms with Crippen LogP contribution in [0.15, 0.2) is 60.7 Å². The van der Waals surface area contributed by atoms with Crippen molar-refractivity contribution in [3.63, 3.8) is 0 Å². The molecule has 6 nitrogen and oxygen atoms in total. The first-order valence-electron chi connectivity index (χ1n) is 8.80. The number of fused-ring (bicyclic) bond motifs is 2. The van der Waals surface area contributed by atoms with E-state index < -0.39 is 23.4 Å². The van der Waals surface area contributed by atoms with Crippen molar-refractivity contribution in [3.05, 3.63) is 82.9 Å². The van der Waals surface area contributed by atoms with E-state index in [1.165, 1.54) is 12.1 Å². The molecule has 0 aromatic heterocycles. The van der Waals surface area contributed by atoms with Crippen LogP contribution in [0.4, 0.5) is 0 Å². The van der Waals surface area contributed by atoms with Crippen LogP contribution >= 0.6 is 0 Å². The van der Waals surface area contributed by atoms with Gasteiger partial charge in [0, 0.05) is 23.1 Å². The molecule has 4 aromatic carbocycles. The molecule has 0 amide bonds. The van der Waals surface area contributed by atoms with Gasteiger partial charge in [-0.25, -0.2) is 4.79 Å². The Morgan fingerprint density at radius 2 is 1.20 bits per heavy atom. The smallest absolute Gasteiger partial charge is 0.545 e. The van der Waals surface area contributed by atoms with Crippen LogP contribution in [0.25, 0.3) is 21.5 Å². The maximum absolute atomic E-state index is 11.6. The number of phenols is 2. The summed E-state index contributed by atoms with van der Waals surface area (Å²) in [6, 6.07) is 16.6. The quantitative estimate of drug-likeness (QED) is 0.410. The normalized spacial score (nSPS) is 10.7. The molecule has 0 spiro atoms. The van der Waals surface area contributed by atoms with Gasteiger partial charge in [-0.1, -0.05) is 48.5 Å². The van der Waals surface area contributed by atoms with Gasteiger partial charge in [0.15, 0.2) is 0 Å². The van der Waals surface area contributed by atoms with E-state index in [0.29, 0.717) is 21.5 Å². The Morgan fingerprint density at radius 1 is 0.767 bits per heavy atom. The van der Waals surface area contributed by atoms with Crippen LogP contribution in [0.3, 0.4) is 0 Å². The molecular weight excluding hydrogens is 395 g/mol. The van der Waals surface area contributed by atoms with Crippen LogP contribution < -0.4 is 34.7 Å². The summed E-state index contributed by atoms with van der Waals surface area (Å²) in [4.78, 5) is 23.1. The van der Waals surface area contributed by atoms with Crippen molar-refractivity contribution >= 4 is 33.5 Å². The maximum Gasteiger partial charge on any atom is 1.00 e. The van der Waals surface area contributed by atoms with E-state index >= 15 is 0 Å². The minimum atomic E-state index is -1.53. The van der Waals surface area contributed by atoms with Crippen molar-refractivity contribution in [2.45, 2.75) is 6.42 Å². The van der Waals surface area contributed by atoms with E-state index in [9.17, 15) is 30.0 Å². The predicted octanol–water partition coefficient (Wildman–Crippen LogP) is 0.0607. The molecule has 3 N–H and O–H groups in total. The second kappa shape index (κ2) is 8.36. The molecule has 4 aromatic rings. The van der Waals surface area contributed by atoms with Gasteiger partial charge in [-0.05, 0) is 33.7 Å². The van der Waals surface area contributed by atoms with Gasteiger partial charge in [0.1, 0.15) is 17.1 Å². The number of carboxylic acid groups (broad SMARTS) is 2. The first kappa shape index (κ1) is 21.6. The molecule has 0 aliphatic heterocycles. The Balaban J connectivity index is 0.00000256. The van der Waals surface area contributed by atoms with Gasteiger partial charge in [-0.3, -0.25) is 0 Å². The summed E-state index contributed by atoms with van der Waals surface area (Å²) in [6.07, 6.45) is -0.0685. The van der Waals surface area contributed by atoms with Gasteiger partial charge in [0.25, 0.3) is 0 Å². The molecule has 0 atom stereocenters. The topological polar surface area (TPSA) is 118 Å². The third-order valence-corrected chi connectivity index (χ3v) is 5.06. The minimum absolute atomic E-state index is 0. The average Bonchev–Trinajstić information content (AvgIpc) is 2.70. The largest absolute Gasteiger partial charge is 1.00 e. The summed E-state index contributed by atoms with van der Waals surface area (Å²) < 4.78 is 0. The molecule has 7 heteroatoms. The molecule has 0 aliphatic carbocycles. The summed E-state index contributed by atoms with van der Waals surface area (Å²) in [6.45, 7) is 0. The number of carbonyl (C=O) groups is 2.